The lowest BCUT2D eigenvalue weighted by molar-refractivity contribution is 0.865. The average molecular weight is 85.2 g/mol. The maximum atomic E-state index is 5.34. The molecule has 0 rings (SSSR count). The molecule has 1 heteroatoms. The molecule has 2 N–H and O–H groups in total. The van der Waals surface area contributed by atoms with Crippen LogP contribution in [-0.2, 0) is 0 Å². The van der Waals surface area contributed by atoms with Crippen molar-refractivity contribution in [1.82, 2.24) is 0 Å². The predicted octanol–water partition coefficient (Wildman–Crippen LogP) is 0.910. The highest BCUT2D eigenvalue weighted by atomic mass is 14.6. The van der Waals surface area contributed by atoms with E-state index in [1.807, 2.05) is 13.8 Å². The van der Waals surface area contributed by atoms with Crippen molar-refractivity contribution in [2.24, 2.45) is 5.73 Å². The average Bonchev–Trinajstić information content (AvgIpc) is 1.36. The Bertz CT molecular complexity index is 55.0. The summed E-state index contributed by atoms with van der Waals surface area (Å²) in [7, 11) is 0. The molecule has 0 bridgehead atoms. The minimum absolute atomic E-state index is 0.157. The zero-order chi connectivity index (χ0) is 5.15. The van der Waals surface area contributed by atoms with Crippen LogP contribution in [-0.4, -0.2) is 6.04 Å². The number of hydrogen-bond acceptors (Lipinski definition) is 1. The van der Waals surface area contributed by atoms with Gasteiger partial charge >= 0.3 is 0 Å². The summed E-state index contributed by atoms with van der Waals surface area (Å²) >= 11 is 0. The lowest BCUT2D eigenvalue weighted by Gasteiger charge is -1.98. The molecule has 0 saturated heterocycles. The van der Waals surface area contributed by atoms with Crippen LogP contribution in [0.15, 0.2) is 12.2 Å². The minimum atomic E-state index is 0.157. The summed E-state index contributed by atoms with van der Waals surface area (Å²) in [6.45, 7) is 7.47. The Hall–Kier alpha value is -0.300. The van der Waals surface area contributed by atoms with E-state index in [0.29, 0.717) is 0 Å². The lowest BCUT2D eigenvalue weighted by atomic mass is 10.2. The van der Waals surface area contributed by atoms with E-state index in [4.69, 9.17) is 5.73 Å². The highest BCUT2D eigenvalue weighted by Gasteiger charge is 1.87. The standard InChI is InChI=1S/C5H11N/c1-4(2)5(3)6/h5H,1,6H2,2-3H3/t5-/m1/s1. The summed E-state index contributed by atoms with van der Waals surface area (Å²) in [5.41, 5.74) is 6.37. The fraction of sp³-hybridized carbons (Fsp3) is 0.600. The lowest BCUT2D eigenvalue weighted by Crippen LogP contribution is -2.14. The monoisotopic (exact) mass is 85.1 g/mol. The third kappa shape index (κ3) is 1.97. The van der Waals surface area contributed by atoms with Crippen LogP contribution < -0.4 is 5.73 Å². The van der Waals surface area contributed by atoms with Crippen LogP contribution >= 0.6 is 0 Å². The molecule has 0 unspecified atom stereocenters. The van der Waals surface area contributed by atoms with Gasteiger partial charge in [-0.25, -0.2) is 0 Å². The highest BCUT2D eigenvalue weighted by Crippen LogP contribution is 1.88. The van der Waals surface area contributed by atoms with E-state index < -0.39 is 0 Å². The molecule has 0 aromatic rings. The van der Waals surface area contributed by atoms with Gasteiger partial charge in [0.05, 0.1) is 0 Å². The Balaban J connectivity index is 3.26. The quantitative estimate of drug-likeness (QED) is 0.470. The van der Waals surface area contributed by atoms with Crippen LogP contribution in [0.2, 0.25) is 0 Å². The first-order valence-corrected chi connectivity index (χ1v) is 2.05. The Labute approximate surface area is 38.8 Å². The van der Waals surface area contributed by atoms with Crippen molar-refractivity contribution in [2.45, 2.75) is 19.9 Å². The van der Waals surface area contributed by atoms with E-state index in [0.717, 1.165) is 5.57 Å². The van der Waals surface area contributed by atoms with Crippen LogP contribution in [0.3, 0.4) is 0 Å². The third-order valence-electron chi connectivity index (χ3n) is 0.777. The van der Waals surface area contributed by atoms with Crippen molar-refractivity contribution in [2.75, 3.05) is 0 Å². The highest BCUT2D eigenvalue weighted by molar-refractivity contribution is 4.96. The topological polar surface area (TPSA) is 26.0 Å². The number of rotatable bonds is 1. The molecule has 1 nitrogen and oxygen atoms in total. The summed E-state index contributed by atoms with van der Waals surface area (Å²) < 4.78 is 0. The van der Waals surface area contributed by atoms with Gasteiger partial charge in [0, 0.05) is 6.04 Å². The molecule has 0 aromatic carbocycles. The Morgan fingerprint density at radius 2 is 2.00 bits per heavy atom. The molecule has 0 heterocycles. The van der Waals surface area contributed by atoms with Crippen LogP contribution in [0.4, 0.5) is 0 Å². The molecule has 0 aliphatic heterocycles. The minimum Gasteiger partial charge on any atom is -0.324 e. The third-order valence-corrected chi connectivity index (χ3v) is 0.777. The van der Waals surface area contributed by atoms with Gasteiger partial charge < -0.3 is 5.73 Å². The van der Waals surface area contributed by atoms with E-state index in [2.05, 4.69) is 6.58 Å². The smallest absolute Gasteiger partial charge is 0.0219 e. The van der Waals surface area contributed by atoms with Gasteiger partial charge in [0.25, 0.3) is 0 Å². The second-order valence-corrected chi connectivity index (χ2v) is 1.64. The Kier molecular flexibility index (Phi) is 1.88. The van der Waals surface area contributed by atoms with Crippen LogP contribution in [0.5, 0.6) is 0 Å². The van der Waals surface area contributed by atoms with Gasteiger partial charge in [-0.15, -0.1) is 0 Å². The van der Waals surface area contributed by atoms with Crippen molar-refractivity contribution in [3.63, 3.8) is 0 Å². The van der Waals surface area contributed by atoms with Gasteiger partial charge in [-0.05, 0) is 13.8 Å². The molecule has 0 fully saturated rings. The first kappa shape index (κ1) is 5.70. The molecule has 6 heavy (non-hydrogen) atoms. The van der Waals surface area contributed by atoms with Crippen molar-refractivity contribution in [3.05, 3.63) is 12.2 Å². The summed E-state index contributed by atoms with van der Waals surface area (Å²) in [6, 6.07) is 0.157. The molecule has 36 valence electrons. The van der Waals surface area contributed by atoms with E-state index in [1.54, 1.807) is 0 Å². The Morgan fingerprint density at radius 1 is 1.83 bits per heavy atom. The second kappa shape index (κ2) is 1.98. The van der Waals surface area contributed by atoms with Crippen LogP contribution in [0.1, 0.15) is 13.8 Å². The van der Waals surface area contributed by atoms with Crippen molar-refractivity contribution in [1.29, 1.82) is 0 Å². The van der Waals surface area contributed by atoms with E-state index in [9.17, 15) is 0 Å². The van der Waals surface area contributed by atoms with E-state index in [-0.39, 0.29) is 6.04 Å². The second-order valence-electron chi connectivity index (χ2n) is 1.64. The fourth-order valence-electron chi connectivity index (χ4n) is 0. The van der Waals surface area contributed by atoms with Gasteiger partial charge in [-0.2, -0.15) is 0 Å². The van der Waals surface area contributed by atoms with Gasteiger partial charge in [0.15, 0.2) is 0 Å². The molecule has 0 aliphatic rings. The molecular weight excluding hydrogens is 74.1 g/mol. The van der Waals surface area contributed by atoms with Gasteiger partial charge in [0.1, 0.15) is 0 Å². The normalized spacial score (nSPS) is 13.8. The summed E-state index contributed by atoms with van der Waals surface area (Å²) in [5.74, 6) is 0. The number of nitrogens with two attached hydrogens (primary N) is 1. The maximum absolute atomic E-state index is 5.34. The Morgan fingerprint density at radius 3 is 2.00 bits per heavy atom. The molecular formula is C5H11N. The van der Waals surface area contributed by atoms with Crippen LogP contribution in [0.25, 0.3) is 0 Å². The van der Waals surface area contributed by atoms with Gasteiger partial charge in [0.2, 0.25) is 0 Å². The summed E-state index contributed by atoms with van der Waals surface area (Å²) in [5, 5.41) is 0. The molecule has 0 spiro atoms. The number of hydrogen-bond donors (Lipinski definition) is 1. The largest absolute Gasteiger partial charge is 0.324 e. The van der Waals surface area contributed by atoms with Crippen molar-refractivity contribution in [3.8, 4) is 0 Å². The summed E-state index contributed by atoms with van der Waals surface area (Å²) in [4.78, 5) is 0. The maximum Gasteiger partial charge on any atom is 0.0219 e. The SMILES string of the molecule is C=C(C)[C@@H](C)N. The first-order valence-electron chi connectivity index (χ1n) is 2.05. The summed E-state index contributed by atoms with van der Waals surface area (Å²) in [6.07, 6.45) is 0. The molecule has 0 aromatic heterocycles. The molecule has 0 aliphatic carbocycles. The van der Waals surface area contributed by atoms with Crippen molar-refractivity contribution < 1.29 is 0 Å². The fourth-order valence-corrected chi connectivity index (χ4v) is 0. The molecule has 0 saturated carbocycles. The van der Waals surface area contributed by atoms with E-state index >= 15 is 0 Å². The van der Waals surface area contributed by atoms with Gasteiger partial charge in [-0.3, -0.25) is 0 Å². The predicted molar refractivity (Wildman–Crippen MR) is 28.5 cm³/mol. The van der Waals surface area contributed by atoms with Crippen LogP contribution in [0, 0.1) is 0 Å². The van der Waals surface area contributed by atoms with E-state index in [1.165, 1.54) is 0 Å². The zero-order valence-corrected chi connectivity index (χ0v) is 4.36. The molecule has 0 radical (unpaired) electrons. The molecule has 0 amide bonds. The van der Waals surface area contributed by atoms with Gasteiger partial charge in [-0.1, -0.05) is 12.2 Å². The van der Waals surface area contributed by atoms with Crippen molar-refractivity contribution >= 4 is 0 Å². The zero-order valence-electron chi connectivity index (χ0n) is 4.36. The molecule has 1 atom stereocenters. The first-order chi connectivity index (χ1) is 2.64.